The predicted octanol–water partition coefficient (Wildman–Crippen LogP) is 11.3. The van der Waals surface area contributed by atoms with Crippen LogP contribution in [0.4, 0.5) is 0 Å². The zero-order valence-electron chi connectivity index (χ0n) is 25.3. The molecule has 0 N–H and O–H groups in total. The summed E-state index contributed by atoms with van der Waals surface area (Å²) in [5.41, 5.74) is 15.0. The molecule has 0 atom stereocenters. The second-order valence-electron chi connectivity index (χ2n) is 13.2. The van der Waals surface area contributed by atoms with Gasteiger partial charge in [0.05, 0.1) is 5.41 Å². The quantitative estimate of drug-likeness (QED) is 0.189. The van der Waals surface area contributed by atoms with Gasteiger partial charge in [0, 0.05) is 16.5 Å². The number of hydrogen-bond donors (Lipinski definition) is 0. The predicted molar refractivity (Wildman–Crippen MR) is 184 cm³/mol. The van der Waals surface area contributed by atoms with Crippen LogP contribution in [0.3, 0.4) is 0 Å². The molecule has 212 valence electrons. The Labute approximate surface area is 263 Å². The second-order valence-corrected chi connectivity index (χ2v) is 13.2. The molecule has 0 saturated heterocycles. The summed E-state index contributed by atoms with van der Waals surface area (Å²) < 4.78 is 6.88. The van der Waals surface area contributed by atoms with Gasteiger partial charge in [0.25, 0.3) is 0 Å². The van der Waals surface area contributed by atoms with Gasteiger partial charge in [-0.3, -0.25) is 0 Å². The zero-order valence-corrected chi connectivity index (χ0v) is 25.3. The summed E-state index contributed by atoms with van der Waals surface area (Å²) in [6.45, 7) is 4.74. The van der Waals surface area contributed by atoms with E-state index >= 15 is 0 Å². The van der Waals surface area contributed by atoms with Crippen molar-refractivity contribution in [1.29, 1.82) is 0 Å². The van der Waals surface area contributed by atoms with Crippen molar-refractivity contribution in [3.05, 3.63) is 179 Å². The summed E-state index contributed by atoms with van der Waals surface area (Å²) in [7, 11) is 0. The van der Waals surface area contributed by atoms with Crippen molar-refractivity contribution >= 4 is 10.8 Å². The van der Waals surface area contributed by atoms with Crippen LogP contribution >= 0.6 is 0 Å². The van der Waals surface area contributed by atoms with Gasteiger partial charge in [-0.2, -0.15) is 0 Å². The third-order valence-electron chi connectivity index (χ3n) is 10.7. The van der Waals surface area contributed by atoms with E-state index in [0.717, 1.165) is 11.5 Å². The molecule has 0 radical (unpaired) electrons. The van der Waals surface area contributed by atoms with E-state index in [4.69, 9.17) is 4.74 Å². The second kappa shape index (κ2) is 8.61. The van der Waals surface area contributed by atoms with Crippen molar-refractivity contribution in [2.45, 2.75) is 24.7 Å². The SMILES string of the molecule is CC1(C)c2ccccc2-c2cccc(-c3ccc4c(c3)C3(c5ccccc5-c5ccccc53)c3c(ccc5ccccc35)O4)c21. The van der Waals surface area contributed by atoms with E-state index in [9.17, 15) is 0 Å². The summed E-state index contributed by atoms with van der Waals surface area (Å²) in [6, 6.07) is 53.7. The molecule has 0 bridgehead atoms. The topological polar surface area (TPSA) is 9.23 Å². The van der Waals surface area contributed by atoms with Crippen LogP contribution in [-0.2, 0) is 10.8 Å². The highest BCUT2D eigenvalue weighted by atomic mass is 16.5. The van der Waals surface area contributed by atoms with Crippen molar-refractivity contribution in [3.63, 3.8) is 0 Å². The Morgan fingerprint density at radius 2 is 1.00 bits per heavy atom. The van der Waals surface area contributed by atoms with Gasteiger partial charge in [0.1, 0.15) is 11.5 Å². The molecule has 0 unspecified atom stereocenters. The van der Waals surface area contributed by atoms with Gasteiger partial charge in [0.15, 0.2) is 0 Å². The molecule has 1 heterocycles. The van der Waals surface area contributed by atoms with Gasteiger partial charge >= 0.3 is 0 Å². The van der Waals surface area contributed by atoms with E-state index in [2.05, 4.69) is 159 Å². The number of fused-ring (bicyclic) bond motifs is 14. The van der Waals surface area contributed by atoms with Crippen molar-refractivity contribution in [1.82, 2.24) is 0 Å². The molecule has 0 fully saturated rings. The lowest BCUT2D eigenvalue weighted by molar-refractivity contribution is 0.438. The fourth-order valence-electron chi connectivity index (χ4n) is 8.94. The lowest BCUT2D eigenvalue weighted by atomic mass is 9.64. The van der Waals surface area contributed by atoms with Crippen molar-refractivity contribution in [3.8, 4) is 44.9 Å². The van der Waals surface area contributed by atoms with E-state index in [-0.39, 0.29) is 5.41 Å². The van der Waals surface area contributed by atoms with Crippen LogP contribution in [0.1, 0.15) is 47.2 Å². The highest BCUT2D eigenvalue weighted by molar-refractivity contribution is 5.98. The minimum Gasteiger partial charge on any atom is -0.457 e. The Kier molecular flexibility index (Phi) is 4.78. The van der Waals surface area contributed by atoms with Crippen LogP contribution in [0.5, 0.6) is 11.5 Å². The summed E-state index contributed by atoms with van der Waals surface area (Å²) >= 11 is 0. The Hall–Kier alpha value is -5.40. The lowest BCUT2D eigenvalue weighted by Gasteiger charge is -2.40. The summed E-state index contributed by atoms with van der Waals surface area (Å²) in [6.07, 6.45) is 0. The number of ether oxygens (including phenoxy) is 1. The Morgan fingerprint density at radius 1 is 0.422 bits per heavy atom. The van der Waals surface area contributed by atoms with Crippen LogP contribution in [0, 0.1) is 0 Å². The number of hydrogen-bond acceptors (Lipinski definition) is 1. The fourth-order valence-corrected chi connectivity index (χ4v) is 8.94. The molecular formula is C44H30O. The van der Waals surface area contributed by atoms with Crippen molar-refractivity contribution < 1.29 is 4.74 Å². The standard InChI is InChI=1S/C44H30O/c1-43(2)35-19-8-5-16-33(35)34-18-11-17-30(41(34)43)28-23-24-39-38(26-28)44(42-29-13-4-3-12-27(29)22-25-40(42)45-39)36-20-9-6-14-31(36)32-15-7-10-21-37(32)44/h3-26H,1-2H3. The smallest absolute Gasteiger partial charge is 0.132 e. The first kappa shape index (κ1) is 25.0. The molecule has 10 rings (SSSR count). The number of benzene rings is 7. The fraction of sp³-hybridized carbons (Fsp3) is 0.0909. The van der Waals surface area contributed by atoms with Crippen LogP contribution in [0.2, 0.25) is 0 Å². The highest BCUT2D eigenvalue weighted by Gasteiger charge is 2.52. The van der Waals surface area contributed by atoms with Gasteiger partial charge in [-0.25, -0.2) is 0 Å². The molecule has 1 heteroatoms. The van der Waals surface area contributed by atoms with Crippen molar-refractivity contribution in [2.75, 3.05) is 0 Å². The van der Waals surface area contributed by atoms with E-state index in [1.807, 2.05) is 0 Å². The molecule has 45 heavy (non-hydrogen) atoms. The van der Waals surface area contributed by atoms with Crippen molar-refractivity contribution in [2.24, 2.45) is 0 Å². The summed E-state index contributed by atoms with van der Waals surface area (Å²) in [5, 5.41) is 2.45. The largest absolute Gasteiger partial charge is 0.457 e. The summed E-state index contributed by atoms with van der Waals surface area (Å²) in [5.74, 6) is 1.85. The molecule has 1 nitrogen and oxygen atoms in total. The van der Waals surface area contributed by atoms with E-state index in [1.165, 1.54) is 77.5 Å². The normalized spacial score (nSPS) is 15.4. The average molecular weight is 575 g/mol. The van der Waals surface area contributed by atoms with E-state index < -0.39 is 5.41 Å². The van der Waals surface area contributed by atoms with E-state index in [1.54, 1.807) is 0 Å². The Bertz CT molecular complexity index is 2340. The third kappa shape index (κ3) is 3.03. The Balaban J connectivity index is 1.32. The van der Waals surface area contributed by atoms with Crippen LogP contribution < -0.4 is 4.74 Å². The van der Waals surface area contributed by atoms with Gasteiger partial charge in [-0.15, -0.1) is 0 Å². The lowest BCUT2D eigenvalue weighted by Crippen LogP contribution is -2.32. The van der Waals surface area contributed by atoms with Crippen LogP contribution in [-0.4, -0.2) is 0 Å². The first-order valence-corrected chi connectivity index (χ1v) is 15.9. The maximum atomic E-state index is 6.88. The Morgan fingerprint density at radius 3 is 1.76 bits per heavy atom. The molecule has 2 aliphatic carbocycles. The minimum atomic E-state index is -0.524. The van der Waals surface area contributed by atoms with Crippen LogP contribution in [0.15, 0.2) is 146 Å². The maximum absolute atomic E-state index is 6.88. The molecule has 3 aliphatic rings. The first-order valence-electron chi connectivity index (χ1n) is 15.9. The zero-order chi connectivity index (χ0) is 29.9. The van der Waals surface area contributed by atoms with E-state index in [0.29, 0.717) is 0 Å². The molecule has 0 saturated carbocycles. The van der Waals surface area contributed by atoms with Gasteiger partial charge < -0.3 is 4.74 Å². The molecule has 1 spiro atoms. The monoisotopic (exact) mass is 574 g/mol. The first-order chi connectivity index (χ1) is 22.1. The van der Waals surface area contributed by atoms with Crippen LogP contribution in [0.25, 0.3) is 44.2 Å². The average Bonchev–Trinajstić information content (AvgIpc) is 3.51. The molecule has 0 amide bonds. The third-order valence-corrected chi connectivity index (χ3v) is 10.7. The highest BCUT2D eigenvalue weighted by Crippen LogP contribution is 2.64. The molecule has 0 aromatic heterocycles. The molecular weight excluding hydrogens is 544 g/mol. The maximum Gasteiger partial charge on any atom is 0.132 e. The van der Waals surface area contributed by atoms with Gasteiger partial charge in [0.2, 0.25) is 0 Å². The molecule has 7 aromatic carbocycles. The summed E-state index contributed by atoms with van der Waals surface area (Å²) in [4.78, 5) is 0. The van der Waals surface area contributed by atoms with Gasteiger partial charge in [-0.1, -0.05) is 141 Å². The number of rotatable bonds is 1. The molecule has 7 aromatic rings. The molecule has 1 aliphatic heterocycles. The van der Waals surface area contributed by atoms with Gasteiger partial charge in [-0.05, 0) is 84.6 Å². The minimum absolute atomic E-state index is 0.109.